The van der Waals surface area contributed by atoms with Gasteiger partial charge in [0.25, 0.3) is 0 Å². The van der Waals surface area contributed by atoms with Crippen molar-refractivity contribution >= 4 is 29.6 Å². The molecule has 0 spiro atoms. The smallest absolute Gasteiger partial charge is 0.326 e. The van der Waals surface area contributed by atoms with Gasteiger partial charge < -0.3 is 21.3 Å². The molecule has 8 heteroatoms. The van der Waals surface area contributed by atoms with Crippen LogP contribution in [-0.4, -0.2) is 52.2 Å². The molecule has 0 saturated heterocycles. The van der Waals surface area contributed by atoms with Gasteiger partial charge in [0.15, 0.2) is 0 Å². The normalized spacial score (nSPS) is 11.8. The van der Waals surface area contributed by atoms with E-state index < -0.39 is 23.9 Å². The monoisotopic (exact) mass is 264 g/mol. The fraction of sp³-hybridized carbons (Fsp3) is 0.667. The first-order chi connectivity index (χ1) is 7.97. The highest BCUT2D eigenvalue weighted by molar-refractivity contribution is 7.99. The molecule has 0 saturated carbocycles. The van der Waals surface area contributed by atoms with Gasteiger partial charge in [-0.15, -0.1) is 0 Å². The summed E-state index contributed by atoms with van der Waals surface area (Å²) in [7, 11) is 0. The predicted molar refractivity (Wildman–Crippen MR) is 62.8 cm³/mol. The van der Waals surface area contributed by atoms with Gasteiger partial charge in [-0.05, 0) is 6.42 Å². The van der Waals surface area contributed by atoms with Gasteiger partial charge in [-0.1, -0.05) is 0 Å². The number of carbonyl (C=O) groups excluding carboxylic acids is 1. The second-order valence-corrected chi connectivity index (χ2v) is 4.34. The fourth-order valence-corrected chi connectivity index (χ4v) is 1.59. The zero-order chi connectivity index (χ0) is 13.3. The number of nitrogens with two attached hydrogens (primary N) is 1. The highest BCUT2D eigenvalue weighted by atomic mass is 32.2. The molecule has 0 aliphatic heterocycles. The molecule has 98 valence electrons. The Morgan fingerprint density at radius 1 is 1.29 bits per heavy atom. The van der Waals surface area contributed by atoms with Crippen LogP contribution in [0, 0.1) is 0 Å². The molecule has 0 fully saturated rings. The molecule has 7 nitrogen and oxygen atoms in total. The van der Waals surface area contributed by atoms with Crippen molar-refractivity contribution in [2.24, 2.45) is 5.73 Å². The minimum Gasteiger partial charge on any atom is -0.481 e. The SMILES string of the molecule is NCCSCC(=O)NC(CCC(=O)O)C(=O)O. The zero-order valence-corrected chi connectivity index (χ0v) is 10.0. The maximum Gasteiger partial charge on any atom is 0.326 e. The molecule has 0 aliphatic carbocycles. The molecule has 0 heterocycles. The lowest BCUT2D eigenvalue weighted by Gasteiger charge is -2.13. The topological polar surface area (TPSA) is 130 Å². The van der Waals surface area contributed by atoms with Crippen molar-refractivity contribution in [2.75, 3.05) is 18.1 Å². The van der Waals surface area contributed by atoms with Gasteiger partial charge in [-0.25, -0.2) is 4.79 Å². The van der Waals surface area contributed by atoms with Gasteiger partial charge in [0.1, 0.15) is 6.04 Å². The van der Waals surface area contributed by atoms with Crippen molar-refractivity contribution < 1.29 is 24.6 Å². The second-order valence-electron chi connectivity index (χ2n) is 3.23. The van der Waals surface area contributed by atoms with Crippen molar-refractivity contribution in [3.05, 3.63) is 0 Å². The van der Waals surface area contributed by atoms with Crippen LogP contribution in [-0.2, 0) is 14.4 Å². The van der Waals surface area contributed by atoms with Crippen molar-refractivity contribution in [1.29, 1.82) is 0 Å². The maximum atomic E-state index is 11.3. The Labute approximate surface area is 103 Å². The van der Waals surface area contributed by atoms with Crippen molar-refractivity contribution in [1.82, 2.24) is 5.32 Å². The number of hydrogen-bond donors (Lipinski definition) is 4. The van der Waals surface area contributed by atoms with E-state index in [0.29, 0.717) is 12.3 Å². The van der Waals surface area contributed by atoms with Crippen molar-refractivity contribution in [3.8, 4) is 0 Å². The molecule has 1 unspecified atom stereocenters. The number of nitrogens with one attached hydrogen (secondary N) is 1. The summed E-state index contributed by atoms with van der Waals surface area (Å²) in [5.41, 5.74) is 5.23. The molecule has 0 aromatic rings. The summed E-state index contributed by atoms with van der Waals surface area (Å²) < 4.78 is 0. The Morgan fingerprint density at radius 3 is 2.41 bits per heavy atom. The third-order valence-electron chi connectivity index (χ3n) is 1.78. The van der Waals surface area contributed by atoms with Gasteiger partial charge in [-0.3, -0.25) is 9.59 Å². The van der Waals surface area contributed by atoms with Crippen molar-refractivity contribution in [2.45, 2.75) is 18.9 Å². The first-order valence-electron chi connectivity index (χ1n) is 4.99. The number of carbonyl (C=O) groups is 3. The molecule has 0 aliphatic rings. The summed E-state index contributed by atoms with van der Waals surface area (Å²) in [5, 5.41) is 19.5. The van der Waals surface area contributed by atoms with E-state index in [4.69, 9.17) is 15.9 Å². The lowest BCUT2D eigenvalue weighted by molar-refractivity contribution is -0.142. The van der Waals surface area contributed by atoms with E-state index in [1.807, 2.05) is 0 Å². The van der Waals surface area contributed by atoms with Crippen LogP contribution in [0.3, 0.4) is 0 Å². The molecule has 1 amide bonds. The van der Waals surface area contributed by atoms with Crippen LogP contribution in [0.5, 0.6) is 0 Å². The number of carboxylic acids is 2. The minimum atomic E-state index is -1.23. The first kappa shape index (κ1) is 15.7. The van der Waals surface area contributed by atoms with E-state index in [1.165, 1.54) is 11.8 Å². The van der Waals surface area contributed by atoms with E-state index in [2.05, 4.69) is 5.32 Å². The first-order valence-corrected chi connectivity index (χ1v) is 6.14. The number of hydrogen-bond acceptors (Lipinski definition) is 5. The largest absolute Gasteiger partial charge is 0.481 e. The zero-order valence-electron chi connectivity index (χ0n) is 9.22. The lowest BCUT2D eigenvalue weighted by Crippen LogP contribution is -2.42. The summed E-state index contributed by atoms with van der Waals surface area (Å²) in [6.07, 6.45) is -0.425. The molecule has 1 atom stereocenters. The Kier molecular flexibility index (Phi) is 8.16. The van der Waals surface area contributed by atoms with Gasteiger partial charge in [-0.2, -0.15) is 11.8 Å². The number of thioether (sulfide) groups is 1. The van der Waals surface area contributed by atoms with Crippen LogP contribution < -0.4 is 11.1 Å². The van der Waals surface area contributed by atoms with Gasteiger partial charge >= 0.3 is 11.9 Å². The molecule has 0 rings (SSSR count). The van der Waals surface area contributed by atoms with Gasteiger partial charge in [0.05, 0.1) is 5.75 Å². The highest BCUT2D eigenvalue weighted by Crippen LogP contribution is 2.01. The Bertz CT molecular complexity index is 285. The van der Waals surface area contributed by atoms with Crippen molar-refractivity contribution in [3.63, 3.8) is 0 Å². The van der Waals surface area contributed by atoms with Gasteiger partial charge in [0.2, 0.25) is 5.91 Å². The summed E-state index contributed by atoms with van der Waals surface area (Å²) in [4.78, 5) is 32.3. The highest BCUT2D eigenvalue weighted by Gasteiger charge is 2.20. The number of amides is 1. The quantitative estimate of drug-likeness (QED) is 0.397. The van der Waals surface area contributed by atoms with E-state index in [-0.39, 0.29) is 18.6 Å². The van der Waals surface area contributed by atoms with Crippen LogP contribution in [0.1, 0.15) is 12.8 Å². The Balaban J connectivity index is 4.02. The number of aliphatic carboxylic acids is 2. The summed E-state index contributed by atoms with van der Waals surface area (Å²) in [5.74, 6) is -2.03. The van der Waals surface area contributed by atoms with E-state index in [9.17, 15) is 14.4 Å². The van der Waals surface area contributed by atoms with Crippen LogP contribution in [0.4, 0.5) is 0 Å². The summed E-state index contributed by atoms with van der Waals surface area (Å²) in [6, 6.07) is -1.16. The van der Waals surface area contributed by atoms with Crippen LogP contribution in [0.2, 0.25) is 0 Å². The molecule has 0 aromatic heterocycles. The molecule has 17 heavy (non-hydrogen) atoms. The molecule has 0 aromatic carbocycles. The second kappa shape index (κ2) is 8.82. The third-order valence-corrected chi connectivity index (χ3v) is 2.77. The Hall–Kier alpha value is -1.28. The van der Waals surface area contributed by atoms with Crippen LogP contribution >= 0.6 is 11.8 Å². The molecule has 0 bridgehead atoms. The predicted octanol–water partition coefficient (Wildman–Crippen LogP) is -0.887. The molecule has 0 radical (unpaired) electrons. The third kappa shape index (κ3) is 8.52. The Morgan fingerprint density at radius 2 is 1.94 bits per heavy atom. The van der Waals surface area contributed by atoms with E-state index in [1.54, 1.807) is 0 Å². The molecule has 5 N–H and O–H groups in total. The number of carboxylic acid groups (broad SMARTS) is 2. The van der Waals surface area contributed by atoms with E-state index in [0.717, 1.165) is 0 Å². The van der Waals surface area contributed by atoms with E-state index >= 15 is 0 Å². The maximum absolute atomic E-state index is 11.3. The average molecular weight is 264 g/mol. The number of rotatable bonds is 9. The van der Waals surface area contributed by atoms with Crippen LogP contribution in [0.15, 0.2) is 0 Å². The fourth-order valence-electron chi connectivity index (χ4n) is 1.01. The van der Waals surface area contributed by atoms with Gasteiger partial charge in [0, 0.05) is 18.7 Å². The summed E-state index contributed by atoms with van der Waals surface area (Å²) in [6.45, 7) is 0.444. The molecular weight excluding hydrogens is 248 g/mol. The van der Waals surface area contributed by atoms with Crippen LogP contribution in [0.25, 0.3) is 0 Å². The minimum absolute atomic E-state index is 0.119. The molecular formula is C9H16N2O5S. The summed E-state index contributed by atoms with van der Waals surface area (Å²) >= 11 is 1.29. The standard InChI is InChI=1S/C9H16N2O5S/c10-3-4-17-5-7(12)11-6(9(15)16)1-2-8(13)14/h6H,1-5,10H2,(H,11,12)(H,13,14)(H,15,16). The lowest BCUT2D eigenvalue weighted by atomic mass is 10.1. The average Bonchev–Trinajstić information content (AvgIpc) is 2.23.